The molecule has 2 atom stereocenters. The quantitative estimate of drug-likeness (QED) is 0.437. The van der Waals surface area contributed by atoms with Gasteiger partial charge >= 0.3 is 5.97 Å². The van der Waals surface area contributed by atoms with Crippen LogP contribution in [0.3, 0.4) is 0 Å². The Bertz CT molecular complexity index is 973. The number of nitrogens with one attached hydrogen (secondary N) is 3. The highest BCUT2D eigenvalue weighted by molar-refractivity contribution is 6.03. The number of piperidine rings is 1. The van der Waals surface area contributed by atoms with Crippen LogP contribution in [0.15, 0.2) is 18.3 Å². The lowest BCUT2D eigenvalue weighted by Crippen LogP contribution is -2.52. The van der Waals surface area contributed by atoms with Crippen molar-refractivity contribution in [2.24, 2.45) is 11.8 Å². The molecule has 0 spiro atoms. The van der Waals surface area contributed by atoms with Crippen LogP contribution in [0, 0.1) is 11.8 Å². The fourth-order valence-corrected chi connectivity index (χ4v) is 4.82. The molecule has 4 amide bonds. The van der Waals surface area contributed by atoms with Gasteiger partial charge in [0.1, 0.15) is 11.7 Å². The number of anilines is 1. The van der Waals surface area contributed by atoms with E-state index in [1.807, 2.05) is 0 Å². The van der Waals surface area contributed by atoms with Crippen molar-refractivity contribution in [3.05, 3.63) is 24.0 Å². The highest BCUT2D eigenvalue weighted by Gasteiger charge is 2.35. The normalized spacial score (nSPS) is 27.1. The van der Waals surface area contributed by atoms with Crippen molar-refractivity contribution in [1.82, 2.24) is 20.5 Å². The molecule has 3 heterocycles. The molecule has 1 saturated carbocycles. The van der Waals surface area contributed by atoms with E-state index in [0.29, 0.717) is 19.5 Å². The highest BCUT2D eigenvalue weighted by atomic mass is 16.4. The summed E-state index contributed by atoms with van der Waals surface area (Å²) in [6.45, 7) is 0.824. The van der Waals surface area contributed by atoms with Crippen LogP contribution in [0.4, 0.5) is 5.69 Å². The van der Waals surface area contributed by atoms with Crippen LogP contribution in [0.5, 0.6) is 0 Å². The smallest absolute Gasteiger partial charge is 0.308 e. The number of carbonyl (C=O) groups is 5. The van der Waals surface area contributed by atoms with Gasteiger partial charge in [-0.1, -0.05) is 0 Å². The largest absolute Gasteiger partial charge is 0.481 e. The van der Waals surface area contributed by atoms with E-state index in [4.69, 9.17) is 5.11 Å². The van der Waals surface area contributed by atoms with E-state index in [1.54, 1.807) is 23.2 Å². The summed E-state index contributed by atoms with van der Waals surface area (Å²) in [5, 5.41) is 17.3. The minimum atomic E-state index is -0.837. The Hall–Kier alpha value is -3.50. The van der Waals surface area contributed by atoms with Crippen molar-refractivity contribution in [3.8, 4) is 0 Å². The van der Waals surface area contributed by atoms with Gasteiger partial charge in [-0.2, -0.15) is 0 Å². The molecule has 4 N–H and O–H groups in total. The molecule has 34 heavy (non-hydrogen) atoms. The molecule has 0 radical (unpaired) electrons. The van der Waals surface area contributed by atoms with Gasteiger partial charge in [0.15, 0.2) is 0 Å². The number of imide groups is 1. The molecule has 3 aliphatic rings. The van der Waals surface area contributed by atoms with E-state index in [-0.39, 0.29) is 42.3 Å². The fourth-order valence-electron chi connectivity index (χ4n) is 4.82. The van der Waals surface area contributed by atoms with Crippen LogP contribution in [-0.4, -0.2) is 69.8 Å². The first kappa shape index (κ1) is 23.7. The van der Waals surface area contributed by atoms with Crippen LogP contribution in [-0.2, 0) is 19.2 Å². The summed E-state index contributed by atoms with van der Waals surface area (Å²) in [6, 6.07) is 2.75. The number of carboxylic acids is 1. The number of nitrogens with zero attached hydrogens (tertiary/aromatic N) is 2. The van der Waals surface area contributed by atoms with Crippen molar-refractivity contribution >= 4 is 35.3 Å². The van der Waals surface area contributed by atoms with E-state index in [1.165, 1.54) is 0 Å². The first-order valence-corrected chi connectivity index (χ1v) is 11.7. The van der Waals surface area contributed by atoms with Crippen molar-refractivity contribution in [1.29, 1.82) is 0 Å². The summed E-state index contributed by atoms with van der Waals surface area (Å²) >= 11 is 0. The Kier molecular flexibility index (Phi) is 7.09. The number of aromatic nitrogens is 1. The third-order valence-electron chi connectivity index (χ3n) is 6.84. The number of rotatable bonds is 6. The lowest BCUT2D eigenvalue weighted by atomic mass is 9.85. The Morgan fingerprint density at radius 1 is 1.03 bits per heavy atom. The monoisotopic (exact) mass is 471 g/mol. The lowest BCUT2D eigenvalue weighted by molar-refractivity contribution is -0.142. The molecular formula is C23H29N5O6. The number of amides is 4. The zero-order valence-corrected chi connectivity index (χ0v) is 18.8. The molecule has 2 aliphatic heterocycles. The molecule has 1 aromatic heterocycles. The molecule has 11 heteroatoms. The zero-order chi connectivity index (χ0) is 24.2. The lowest BCUT2D eigenvalue weighted by Gasteiger charge is -2.31. The van der Waals surface area contributed by atoms with Crippen LogP contribution >= 0.6 is 0 Å². The molecule has 2 saturated heterocycles. The Morgan fingerprint density at radius 2 is 1.79 bits per heavy atom. The number of carboxylic acid groups (broad SMARTS) is 1. The summed E-state index contributed by atoms with van der Waals surface area (Å²) in [5.41, 5.74) is 0.936. The first-order valence-electron chi connectivity index (χ1n) is 11.7. The molecule has 11 nitrogen and oxygen atoms in total. The number of carbonyl (C=O) groups excluding carboxylic acids is 4. The predicted molar refractivity (Wildman–Crippen MR) is 120 cm³/mol. The Labute approximate surface area is 196 Å². The summed E-state index contributed by atoms with van der Waals surface area (Å²) in [4.78, 5) is 65.2. The second-order valence-corrected chi connectivity index (χ2v) is 9.21. The van der Waals surface area contributed by atoms with E-state index < -0.39 is 29.7 Å². The average molecular weight is 472 g/mol. The standard InChI is InChI=1S/C23H29N5O6/c29-19-8-7-18(21(31)27-19)26-20(30)17-6-5-16(11-24-17)25-15-3-1-13(2-4-15)22(32)28-10-9-14(12-28)23(33)34/h5-6,11,13-15,18,25H,1-4,7-10,12H2,(H,26,30)(H,33,34)(H,27,29,31)/t13-,14-,15-,18?/m1/s1. The SMILES string of the molecule is O=C1CCC(NC(=O)c2ccc(N[C@H]3CC[C@H](C(=O)N4CC[C@@H](C(=O)O)C4)CC3)cn2)C(=O)N1. The topological polar surface area (TPSA) is 158 Å². The van der Waals surface area contributed by atoms with Crippen molar-refractivity contribution in [2.45, 2.75) is 57.0 Å². The third-order valence-corrected chi connectivity index (χ3v) is 6.84. The minimum Gasteiger partial charge on any atom is -0.481 e. The van der Waals surface area contributed by atoms with E-state index in [2.05, 4.69) is 20.9 Å². The van der Waals surface area contributed by atoms with Gasteiger partial charge in [0.25, 0.3) is 5.91 Å². The minimum absolute atomic E-state index is 0.0650. The van der Waals surface area contributed by atoms with Gasteiger partial charge in [-0.25, -0.2) is 4.98 Å². The van der Waals surface area contributed by atoms with Crippen molar-refractivity contribution in [2.75, 3.05) is 18.4 Å². The molecule has 0 bridgehead atoms. The Morgan fingerprint density at radius 3 is 2.41 bits per heavy atom. The van der Waals surface area contributed by atoms with E-state index >= 15 is 0 Å². The van der Waals surface area contributed by atoms with Gasteiger partial charge in [0, 0.05) is 31.5 Å². The molecule has 1 aliphatic carbocycles. The number of aliphatic carboxylic acids is 1. The molecule has 4 rings (SSSR count). The number of likely N-dealkylation sites (tertiary alicyclic amines) is 1. The van der Waals surface area contributed by atoms with E-state index in [0.717, 1.165) is 31.4 Å². The second kappa shape index (κ2) is 10.2. The average Bonchev–Trinajstić information content (AvgIpc) is 3.32. The zero-order valence-electron chi connectivity index (χ0n) is 18.8. The van der Waals surface area contributed by atoms with Gasteiger partial charge in [0.05, 0.1) is 17.8 Å². The van der Waals surface area contributed by atoms with Gasteiger partial charge in [-0.05, 0) is 50.7 Å². The maximum Gasteiger partial charge on any atom is 0.308 e. The van der Waals surface area contributed by atoms with Gasteiger partial charge < -0.3 is 20.6 Å². The van der Waals surface area contributed by atoms with Crippen LogP contribution in [0.25, 0.3) is 0 Å². The molecular weight excluding hydrogens is 442 g/mol. The van der Waals surface area contributed by atoms with Gasteiger partial charge in [-0.15, -0.1) is 0 Å². The maximum atomic E-state index is 12.7. The summed E-state index contributed by atoms with van der Waals surface area (Å²) < 4.78 is 0. The molecule has 3 fully saturated rings. The van der Waals surface area contributed by atoms with Crippen molar-refractivity contribution < 1.29 is 29.1 Å². The molecule has 182 valence electrons. The van der Waals surface area contributed by atoms with Gasteiger partial charge in [0.2, 0.25) is 17.7 Å². The maximum absolute atomic E-state index is 12.7. The molecule has 1 aromatic rings. The number of hydrogen-bond donors (Lipinski definition) is 4. The third kappa shape index (κ3) is 5.52. The first-order chi connectivity index (χ1) is 16.3. The highest BCUT2D eigenvalue weighted by Crippen LogP contribution is 2.30. The second-order valence-electron chi connectivity index (χ2n) is 9.21. The number of pyridine rings is 1. The van der Waals surface area contributed by atoms with Crippen LogP contribution in [0.2, 0.25) is 0 Å². The summed E-state index contributed by atoms with van der Waals surface area (Å²) in [5.74, 6) is -2.63. The van der Waals surface area contributed by atoms with Gasteiger partial charge in [-0.3, -0.25) is 29.3 Å². The summed E-state index contributed by atoms with van der Waals surface area (Å²) in [7, 11) is 0. The fraction of sp³-hybridized carbons (Fsp3) is 0.565. The summed E-state index contributed by atoms with van der Waals surface area (Å²) in [6.07, 6.45) is 5.63. The van der Waals surface area contributed by atoms with Crippen LogP contribution in [0.1, 0.15) is 55.4 Å². The molecule has 1 unspecified atom stereocenters. The molecule has 0 aromatic carbocycles. The number of hydrogen-bond acceptors (Lipinski definition) is 7. The van der Waals surface area contributed by atoms with Crippen LogP contribution < -0.4 is 16.0 Å². The van der Waals surface area contributed by atoms with Crippen molar-refractivity contribution in [3.63, 3.8) is 0 Å². The Balaban J connectivity index is 1.23. The van der Waals surface area contributed by atoms with E-state index in [9.17, 15) is 24.0 Å². The predicted octanol–water partition coefficient (Wildman–Crippen LogP) is 0.520.